The van der Waals surface area contributed by atoms with Crippen molar-refractivity contribution < 1.29 is 9.90 Å². The van der Waals surface area contributed by atoms with Crippen LogP contribution >= 0.6 is 0 Å². The van der Waals surface area contributed by atoms with Crippen molar-refractivity contribution in [2.75, 3.05) is 26.2 Å². The second-order valence-corrected chi connectivity index (χ2v) is 5.21. The fraction of sp³-hybridized carbons (Fsp3) is 0.500. The largest absolute Gasteiger partial charge is 0.480 e. The topological polar surface area (TPSA) is 101 Å². The number of carbonyl (C=O) groups is 1. The van der Waals surface area contributed by atoms with Crippen LogP contribution in [0.1, 0.15) is 12.0 Å². The van der Waals surface area contributed by atoms with Crippen LogP contribution in [0.5, 0.6) is 0 Å². The van der Waals surface area contributed by atoms with Gasteiger partial charge in [0.1, 0.15) is 5.54 Å². The summed E-state index contributed by atoms with van der Waals surface area (Å²) in [7, 11) is 0. The zero-order valence-corrected chi connectivity index (χ0v) is 11.8. The van der Waals surface area contributed by atoms with Crippen molar-refractivity contribution >= 4 is 5.97 Å². The minimum atomic E-state index is -0.945. The molecule has 0 bridgehead atoms. The lowest BCUT2D eigenvalue weighted by molar-refractivity contribution is -0.144. The lowest BCUT2D eigenvalue weighted by Crippen LogP contribution is -2.54. The number of nitrogens with zero attached hydrogens (tertiary/aromatic N) is 4. The third kappa shape index (κ3) is 3.95. The molecule has 0 aliphatic carbocycles. The maximum Gasteiger partial charge on any atom is 0.325 e. The molecule has 1 aromatic rings. The Morgan fingerprint density at radius 1 is 1.48 bits per heavy atom. The van der Waals surface area contributed by atoms with Gasteiger partial charge in [-0.3, -0.25) is 9.69 Å². The Kier molecular flexibility index (Phi) is 5.16. The van der Waals surface area contributed by atoms with E-state index in [0.717, 1.165) is 13.1 Å². The fourth-order valence-corrected chi connectivity index (χ4v) is 2.65. The highest BCUT2D eigenvalue weighted by atomic mass is 16.4. The zero-order chi connectivity index (χ0) is 15.1. The van der Waals surface area contributed by atoms with E-state index in [1.807, 2.05) is 30.3 Å². The predicted octanol–water partition coefficient (Wildman–Crippen LogP) is 1.62. The van der Waals surface area contributed by atoms with Gasteiger partial charge in [-0.05, 0) is 17.5 Å². The zero-order valence-electron chi connectivity index (χ0n) is 11.8. The average molecular weight is 289 g/mol. The van der Waals surface area contributed by atoms with Gasteiger partial charge in [0.2, 0.25) is 0 Å². The summed E-state index contributed by atoms with van der Waals surface area (Å²) >= 11 is 0. The van der Waals surface area contributed by atoms with Crippen LogP contribution in [0.3, 0.4) is 0 Å². The number of hydrogen-bond acceptors (Lipinski definition) is 4. The number of nitrogens with one attached hydrogen (secondary N) is 1. The van der Waals surface area contributed by atoms with E-state index in [1.165, 1.54) is 5.56 Å². The van der Waals surface area contributed by atoms with E-state index >= 15 is 0 Å². The summed E-state index contributed by atoms with van der Waals surface area (Å²) in [6.07, 6.45) is 0.547. The van der Waals surface area contributed by atoms with Gasteiger partial charge in [0.15, 0.2) is 0 Å². The van der Waals surface area contributed by atoms with Crippen LogP contribution in [0.15, 0.2) is 35.4 Å². The minimum absolute atomic E-state index is 0.254. The molecule has 0 aromatic heterocycles. The molecule has 1 aliphatic heterocycles. The van der Waals surface area contributed by atoms with Gasteiger partial charge < -0.3 is 10.4 Å². The van der Waals surface area contributed by atoms with Gasteiger partial charge in [0.25, 0.3) is 0 Å². The van der Waals surface area contributed by atoms with Crippen LogP contribution in [0.25, 0.3) is 10.4 Å². The van der Waals surface area contributed by atoms with Crippen molar-refractivity contribution in [1.82, 2.24) is 10.2 Å². The standard InChI is InChI=1S/C14H19N5O2/c15-18-17-8-7-16-14(13(20)21)6-9-19(11-14)10-12-4-2-1-3-5-12/h1-5,16H,6-11H2,(H,20,21). The highest BCUT2D eigenvalue weighted by Crippen LogP contribution is 2.23. The number of likely N-dealkylation sites (tertiary alicyclic amines) is 1. The summed E-state index contributed by atoms with van der Waals surface area (Å²) in [6, 6.07) is 10.00. The number of aliphatic carboxylic acids is 1. The summed E-state index contributed by atoms with van der Waals surface area (Å²) in [6.45, 7) is 2.55. The Hall–Kier alpha value is -2.08. The Balaban J connectivity index is 1.95. The summed E-state index contributed by atoms with van der Waals surface area (Å²) in [4.78, 5) is 16.4. The maximum absolute atomic E-state index is 11.6. The Bertz CT molecular complexity index is 529. The number of rotatable bonds is 7. The molecule has 0 amide bonds. The van der Waals surface area contributed by atoms with E-state index in [-0.39, 0.29) is 6.54 Å². The Labute approximate surface area is 123 Å². The number of carboxylic acid groups (broad SMARTS) is 1. The van der Waals surface area contributed by atoms with Gasteiger partial charge in [-0.25, -0.2) is 0 Å². The second-order valence-electron chi connectivity index (χ2n) is 5.21. The molecular formula is C14H19N5O2. The Morgan fingerprint density at radius 2 is 2.24 bits per heavy atom. The van der Waals surface area contributed by atoms with E-state index in [4.69, 9.17) is 5.53 Å². The van der Waals surface area contributed by atoms with Crippen LogP contribution < -0.4 is 5.32 Å². The quantitative estimate of drug-likeness (QED) is 0.344. The highest BCUT2D eigenvalue weighted by molar-refractivity contribution is 5.79. The van der Waals surface area contributed by atoms with Gasteiger partial charge in [0.05, 0.1) is 0 Å². The van der Waals surface area contributed by atoms with Crippen molar-refractivity contribution in [3.8, 4) is 0 Å². The number of benzene rings is 1. The van der Waals surface area contributed by atoms with Gasteiger partial charge in [0, 0.05) is 37.6 Å². The Morgan fingerprint density at radius 3 is 2.90 bits per heavy atom. The minimum Gasteiger partial charge on any atom is -0.480 e. The number of hydrogen-bond donors (Lipinski definition) is 2. The highest BCUT2D eigenvalue weighted by Gasteiger charge is 2.44. The normalized spacial score (nSPS) is 21.9. The van der Waals surface area contributed by atoms with Gasteiger partial charge in [-0.15, -0.1) is 0 Å². The van der Waals surface area contributed by atoms with Crippen molar-refractivity contribution in [1.29, 1.82) is 0 Å². The molecule has 21 heavy (non-hydrogen) atoms. The van der Waals surface area contributed by atoms with E-state index in [2.05, 4.69) is 20.2 Å². The first kappa shape index (κ1) is 15.3. The average Bonchev–Trinajstić information content (AvgIpc) is 2.89. The van der Waals surface area contributed by atoms with Gasteiger partial charge in [-0.2, -0.15) is 0 Å². The molecule has 0 radical (unpaired) electrons. The molecule has 2 N–H and O–H groups in total. The number of carboxylic acids is 1. The van der Waals surface area contributed by atoms with Crippen LogP contribution in [0.2, 0.25) is 0 Å². The van der Waals surface area contributed by atoms with E-state index in [9.17, 15) is 9.90 Å². The summed E-state index contributed by atoms with van der Waals surface area (Å²) < 4.78 is 0. The van der Waals surface area contributed by atoms with Crippen LogP contribution in [0.4, 0.5) is 0 Å². The SMILES string of the molecule is [N-]=[N+]=NCCNC1(C(=O)O)CCN(Cc2ccccc2)C1. The van der Waals surface area contributed by atoms with E-state index in [0.29, 0.717) is 19.5 Å². The smallest absolute Gasteiger partial charge is 0.325 e. The van der Waals surface area contributed by atoms with Crippen LogP contribution in [-0.2, 0) is 11.3 Å². The molecule has 1 fully saturated rings. The first-order valence-electron chi connectivity index (χ1n) is 6.92. The molecule has 1 aromatic carbocycles. The molecule has 7 heteroatoms. The van der Waals surface area contributed by atoms with E-state index in [1.54, 1.807) is 0 Å². The molecule has 1 heterocycles. The third-order valence-electron chi connectivity index (χ3n) is 3.75. The van der Waals surface area contributed by atoms with Crippen molar-refractivity contribution in [2.24, 2.45) is 5.11 Å². The molecular weight excluding hydrogens is 270 g/mol. The molecule has 2 rings (SSSR count). The summed E-state index contributed by atoms with van der Waals surface area (Å²) in [5.74, 6) is -0.848. The third-order valence-corrected chi connectivity index (χ3v) is 3.75. The molecule has 1 saturated heterocycles. The fourth-order valence-electron chi connectivity index (χ4n) is 2.65. The predicted molar refractivity (Wildman–Crippen MR) is 78.7 cm³/mol. The molecule has 0 spiro atoms. The lowest BCUT2D eigenvalue weighted by atomic mass is 9.99. The van der Waals surface area contributed by atoms with Gasteiger partial charge in [-0.1, -0.05) is 35.4 Å². The molecule has 1 unspecified atom stereocenters. The molecule has 1 aliphatic rings. The molecule has 7 nitrogen and oxygen atoms in total. The second kappa shape index (κ2) is 7.08. The van der Waals surface area contributed by atoms with Crippen molar-refractivity contribution in [3.63, 3.8) is 0 Å². The van der Waals surface area contributed by atoms with Crippen LogP contribution in [-0.4, -0.2) is 47.7 Å². The first-order chi connectivity index (χ1) is 10.2. The molecule has 0 saturated carbocycles. The lowest BCUT2D eigenvalue weighted by Gasteiger charge is -2.26. The first-order valence-corrected chi connectivity index (χ1v) is 6.92. The van der Waals surface area contributed by atoms with E-state index < -0.39 is 11.5 Å². The van der Waals surface area contributed by atoms with Crippen LogP contribution in [0, 0.1) is 0 Å². The monoisotopic (exact) mass is 289 g/mol. The molecule has 112 valence electrons. The summed E-state index contributed by atoms with van der Waals surface area (Å²) in [5.41, 5.74) is 8.47. The van der Waals surface area contributed by atoms with Crippen molar-refractivity contribution in [2.45, 2.75) is 18.5 Å². The summed E-state index contributed by atoms with van der Waals surface area (Å²) in [5, 5.41) is 16.0. The van der Waals surface area contributed by atoms with Crippen molar-refractivity contribution in [3.05, 3.63) is 46.3 Å². The van der Waals surface area contributed by atoms with Gasteiger partial charge >= 0.3 is 5.97 Å². The molecule has 1 atom stereocenters. The number of azide groups is 1. The maximum atomic E-state index is 11.6.